The fourth-order valence-electron chi connectivity index (χ4n) is 0.407. The largest absolute Gasteiger partial charge is 1.00 e. The van der Waals surface area contributed by atoms with Gasteiger partial charge in [-0.05, 0) is 0 Å². The molecule has 0 aromatic carbocycles. The van der Waals surface area contributed by atoms with Gasteiger partial charge in [0.25, 0.3) is 0 Å². The molecule has 0 aliphatic rings. The summed E-state index contributed by atoms with van der Waals surface area (Å²) in [5.41, 5.74) is 0. The number of hydrogen-bond acceptors (Lipinski definition) is 4. The van der Waals surface area contributed by atoms with Gasteiger partial charge in [0.15, 0.2) is 0 Å². The van der Waals surface area contributed by atoms with Crippen molar-refractivity contribution in [2.75, 3.05) is 40.6 Å². The summed E-state index contributed by atoms with van der Waals surface area (Å²) in [5, 5.41) is 0. The van der Waals surface area contributed by atoms with E-state index >= 15 is 0 Å². The van der Waals surface area contributed by atoms with Crippen molar-refractivity contribution in [1.82, 2.24) is 0 Å². The van der Waals surface area contributed by atoms with Gasteiger partial charge in [-0.25, -0.2) is 0 Å². The van der Waals surface area contributed by atoms with Crippen molar-refractivity contribution in [3.05, 3.63) is 0 Å². The summed E-state index contributed by atoms with van der Waals surface area (Å²) in [5.74, 6) is 0. The maximum atomic E-state index is 5.10. The first kappa shape index (κ1) is 15.8. The molecule has 0 saturated carbocycles. The molecule has 1 radical (unpaired) electrons. The van der Waals surface area contributed by atoms with Crippen molar-refractivity contribution >= 4 is 15.9 Å². The van der Waals surface area contributed by atoms with Crippen LogP contribution in [0, 0.1) is 0 Å². The SMILES string of the molecule is COCC[O][Al][O]CCOC.[H-].[Na+]. The van der Waals surface area contributed by atoms with Gasteiger partial charge in [0.05, 0.1) is 13.2 Å². The first-order valence-corrected chi connectivity index (χ1v) is 4.39. The van der Waals surface area contributed by atoms with Crippen molar-refractivity contribution in [2.45, 2.75) is 0 Å². The second-order valence-electron chi connectivity index (χ2n) is 1.82. The van der Waals surface area contributed by atoms with Gasteiger partial charge in [0.1, 0.15) is 0 Å². The van der Waals surface area contributed by atoms with Crippen molar-refractivity contribution in [3.8, 4) is 0 Å². The normalized spacial score (nSPS) is 9.17. The molecule has 0 aliphatic heterocycles. The Morgan fingerprint density at radius 2 is 1.33 bits per heavy atom. The maximum absolute atomic E-state index is 5.10. The van der Waals surface area contributed by atoms with Gasteiger partial charge in [-0.15, -0.1) is 0 Å². The van der Waals surface area contributed by atoms with Crippen LogP contribution in [0.4, 0.5) is 0 Å². The minimum Gasteiger partial charge on any atom is -1.00 e. The van der Waals surface area contributed by atoms with Gasteiger partial charge in [-0.1, -0.05) is 0 Å². The molecule has 0 heterocycles. The van der Waals surface area contributed by atoms with Crippen molar-refractivity contribution in [1.29, 1.82) is 0 Å². The van der Waals surface area contributed by atoms with Crippen LogP contribution in [0.5, 0.6) is 0 Å². The molecule has 4 nitrogen and oxygen atoms in total. The molecular weight excluding hydrogens is 186 g/mol. The predicted octanol–water partition coefficient (Wildman–Crippen LogP) is -3.04. The summed E-state index contributed by atoms with van der Waals surface area (Å²) < 4.78 is 19.8. The molecule has 0 N–H and O–H groups in total. The van der Waals surface area contributed by atoms with E-state index in [0.29, 0.717) is 26.4 Å². The number of hydrogen-bond donors (Lipinski definition) is 0. The molecule has 0 aliphatic carbocycles. The fourth-order valence-corrected chi connectivity index (χ4v) is 0.888. The van der Waals surface area contributed by atoms with E-state index in [1.54, 1.807) is 14.2 Å². The molecule has 0 fully saturated rings. The van der Waals surface area contributed by atoms with Crippen LogP contribution in [0.25, 0.3) is 0 Å². The molecule has 0 bridgehead atoms. The molecular formula is C6H15AlNaO4. The Morgan fingerprint density at radius 1 is 0.917 bits per heavy atom. The van der Waals surface area contributed by atoms with Gasteiger partial charge in [-0.3, -0.25) is 0 Å². The minimum atomic E-state index is -0.349. The smallest absolute Gasteiger partial charge is 1.00 e. The Labute approximate surface area is 104 Å². The molecule has 6 heteroatoms. The van der Waals surface area contributed by atoms with E-state index in [-0.39, 0.29) is 46.9 Å². The Balaban J connectivity index is -0.000000500. The van der Waals surface area contributed by atoms with Crippen molar-refractivity contribution < 1.29 is 48.0 Å². The third kappa shape index (κ3) is 13.9. The zero-order valence-electron chi connectivity index (χ0n) is 9.04. The Morgan fingerprint density at radius 3 is 1.67 bits per heavy atom. The second kappa shape index (κ2) is 14.9. The van der Waals surface area contributed by atoms with Gasteiger partial charge < -0.3 is 18.5 Å². The van der Waals surface area contributed by atoms with Gasteiger partial charge in [-0.2, -0.15) is 0 Å². The molecule has 0 rings (SSSR count). The number of rotatable bonds is 8. The van der Waals surface area contributed by atoms with Crippen molar-refractivity contribution in [3.63, 3.8) is 0 Å². The third-order valence-electron chi connectivity index (χ3n) is 0.947. The third-order valence-corrected chi connectivity index (χ3v) is 1.69. The van der Waals surface area contributed by atoms with E-state index in [0.717, 1.165) is 0 Å². The molecule has 0 saturated heterocycles. The molecule has 0 aromatic rings. The molecule has 0 spiro atoms. The van der Waals surface area contributed by atoms with Crippen LogP contribution in [-0.4, -0.2) is 56.5 Å². The Hall–Kier alpha value is 1.37. The van der Waals surface area contributed by atoms with E-state index in [2.05, 4.69) is 0 Å². The van der Waals surface area contributed by atoms with Crippen LogP contribution in [0.1, 0.15) is 1.43 Å². The number of methoxy groups -OCH3 is 2. The molecule has 67 valence electrons. The van der Waals surface area contributed by atoms with E-state index in [1.165, 1.54) is 0 Å². The molecule has 0 amide bonds. The van der Waals surface area contributed by atoms with Crippen molar-refractivity contribution in [2.24, 2.45) is 0 Å². The standard InChI is InChI=1S/2C3H7O2.Al.Na.H/c2*1-5-3-2-4;;;/h2*2-3H2,1H3;;;/q2*-1;+2;+1;-1. The second-order valence-corrected chi connectivity index (χ2v) is 2.68. The van der Waals surface area contributed by atoms with Crippen LogP contribution >= 0.6 is 0 Å². The molecule has 0 aromatic heterocycles. The van der Waals surface area contributed by atoms with Gasteiger partial charge in [0.2, 0.25) is 0 Å². The Bertz CT molecular complexity index is 73.7. The summed E-state index contributed by atoms with van der Waals surface area (Å²) in [6.45, 7) is 2.47. The van der Waals surface area contributed by atoms with Crippen LogP contribution in [-0.2, 0) is 17.1 Å². The van der Waals surface area contributed by atoms with Gasteiger partial charge >= 0.3 is 45.4 Å². The average molecular weight is 201 g/mol. The molecule has 12 heavy (non-hydrogen) atoms. The molecule has 0 unspecified atom stereocenters. The zero-order chi connectivity index (χ0) is 8.36. The van der Waals surface area contributed by atoms with Gasteiger partial charge in [0, 0.05) is 27.4 Å². The average Bonchev–Trinajstić information content (AvgIpc) is 2.03. The maximum Gasteiger partial charge on any atom is 1.00 e. The topological polar surface area (TPSA) is 36.9 Å². The number of ether oxygens (including phenoxy) is 2. The van der Waals surface area contributed by atoms with Crippen LogP contribution < -0.4 is 29.6 Å². The summed E-state index contributed by atoms with van der Waals surface area (Å²) >= 11 is -0.349. The first-order valence-electron chi connectivity index (χ1n) is 3.44. The van der Waals surface area contributed by atoms with E-state index in [9.17, 15) is 0 Å². The summed E-state index contributed by atoms with van der Waals surface area (Å²) in [7, 11) is 3.29. The van der Waals surface area contributed by atoms with E-state index in [1.807, 2.05) is 0 Å². The summed E-state index contributed by atoms with van der Waals surface area (Å²) in [6, 6.07) is 0. The van der Waals surface area contributed by atoms with E-state index < -0.39 is 0 Å². The Kier molecular flexibility index (Phi) is 19.6. The summed E-state index contributed by atoms with van der Waals surface area (Å²) in [4.78, 5) is 0. The monoisotopic (exact) mass is 201 g/mol. The minimum absolute atomic E-state index is 0. The fraction of sp³-hybridized carbons (Fsp3) is 1.00. The zero-order valence-corrected chi connectivity index (χ0v) is 11.2. The molecule has 0 atom stereocenters. The van der Waals surface area contributed by atoms with Crippen LogP contribution in [0.15, 0.2) is 0 Å². The van der Waals surface area contributed by atoms with Crippen LogP contribution in [0.2, 0.25) is 0 Å². The predicted molar refractivity (Wildman–Crippen MR) is 42.5 cm³/mol. The quantitative estimate of drug-likeness (QED) is 0.309. The van der Waals surface area contributed by atoms with E-state index in [4.69, 9.17) is 17.1 Å². The summed E-state index contributed by atoms with van der Waals surface area (Å²) in [6.07, 6.45) is 0. The first-order chi connectivity index (χ1) is 5.41. The van der Waals surface area contributed by atoms with Crippen LogP contribution in [0.3, 0.4) is 0 Å².